The summed E-state index contributed by atoms with van der Waals surface area (Å²) in [5.74, 6) is -0.378. The number of carboxylic acid groups (broad SMARTS) is 1. The highest BCUT2D eigenvalue weighted by molar-refractivity contribution is 5.94. The number of amides is 2. The molecule has 0 radical (unpaired) electrons. The van der Waals surface area contributed by atoms with E-state index in [1.807, 2.05) is 42.5 Å². The summed E-state index contributed by atoms with van der Waals surface area (Å²) in [6, 6.07) is 27.4. The van der Waals surface area contributed by atoms with Crippen molar-refractivity contribution in [3.05, 3.63) is 118 Å². The minimum absolute atomic E-state index is 0.00326. The van der Waals surface area contributed by atoms with E-state index in [4.69, 9.17) is 14.8 Å². The molecule has 13 heteroatoms. The lowest BCUT2D eigenvalue weighted by Crippen LogP contribution is -2.36. The Morgan fingerprint density at radius 2 is 1.73 bits per heavy atom. The average molecular weight is 688 g/mol. The summed E-state index contributed by atoms with van der Waals surface area (Å²) in [5.41, 5.74) is 7.09. The number of anilines is 1. The molecule has 13 nitrogen and oxygen atoms in total. The molecular weight excluding hydrogens is 650 g/mol. The van der Waals surface area contributed by atoms with Gasteiger partial charge in [0, 0.05) is 55.2 Å². The van der Waals surface area contributed by atoms with Crippen LogP contribution in [-0.2, 0) is 16.1 Å². The molecule has 0 unspecified atom stereocenters. The molecule has 1 saturated heterocycles. The maximum Gasteiger partial charge on any atom is 0.404 e. The van der Waals surface area contributed by atoms with Gasteiger partial charge in [0.1, 0.15) is 6.61 Å². The highest BCUT2D eigenvalue weighted by Crippen LogP contribution is 2.33. The van der Waals surface area contributed by atoms with Gasteiger partial charge in [-0.3, -0.25) is 19.1 Å². The monoisotopic (exact) mass is 687 g/mol. The zero-order valence-corrected chi connectivity index (χ0v) is 27.7. The van der Waals surface area contributed by atoms with E-state index in [2.05, 4.69) is 49.8 Å². The van der Waals surface area contributed by atoms with E-state index >= 15 is 0 Å². The van der Waals surface area contributed by atoms with E-state index < -0.39 is 6.09 Å². The lowest BCUT2D eigenvalue weighted by Gasteiger charge is -2.32. The van der Waals surface area contributed by atoms with Crippen molar-refractivity contribution in [1.29, 1.82) is 0 Å². The van der Waals surface area contributed by atoms with Crippen LogP contribution in [0.15, 0.2) is 101 Å². The molecule has 2 amide bonds. The molecule has 1 aliphatic heterocycles. The fourth-order valence-corrected chi connectivity index (χ4v) is 6.68. The molecule has 0 aliphatic carbocycles. The summed E-state index contributed by atoms with van der Waals surface area (Å²) >= 11 is 0. The predicted molar refractivity (Wildman–Crippen MR) is 195 cm³/mol. The van der Waals surface area contributed by atoms with Crippen molar-refractivity contribution in [2.45, 2.75) is 25.4 Å². The zero-order valence-electron chi connectivity index (χ0n) is 27.7. The van der Waals surface area contributed by atoms with Crippen molar-refractivity contribution in [1.82, 2.24) is 29.7 Å². The number of ether oxygens (including phenoxy) is 1. The van der Waals surface area contributed by atoms with Crippen LogP contribution in [0.1, 0.15) is 24.4 Å². The van der Waals surface area contributed by atoms with Crippen LogP contribution in [0.3, 0.4) is 0 Å². The van der Waals surface area contributed by atoms with Crippen molar-refractivity contribution in [2.75, 3.05) is 38.2 Å². The third-order valence-electron chi connectivity index (χ3n) is 9.15. The first-order chi connectivity index (χ1) is 24.8. The Labute approximate surface area is 291 Å². The Balaban J connectivity index is 1.00. The van der Waals surface area contributed by atoms with Gasteiger partial charge in [0.05, 0.1) is 34.2 Å². The number of aromatic nitrogens is 4. The largest absolute Gasteiger partial charge is 0.465 e. The first kappa shape index (κ1) is 33.4. The van der Waals surface area contributed by atoms with Crippen LogP contribution in [0.25, 0.3) is 44.3 Å². The SMILES string of the molecule is O=C(O)NCCOCC(=O)Nc1ccc2[nH]c(=O)n(C3CCN(Cc4ccc(-c5nc6cc[nH]c(=O)c6cc5-c5ccccc5)cc4)CC3)c2c1. The summed E-state index contributed by atoms with van der Waals surface area (Å²) in [7, 11) is 0. The summed E-state index contributed by atoms with van der Waals surface area (Å²) in [6.07, 6.45) is 2.05. The van der Waals surface area contributed by atoms with Crippen LogP contribution in [0, 0.1) is 0 Å². The minimum atomic E-state index is -1.15. The molecule has 4 heterocycles. The number of imidazole rings is 1. The third-order valence-corrected chi connectivity index (χ3v) is 9.15. The Bertz CT molecular complexity index is 2310. The van der Waals surface area contributed by atoms with Crippen LogP contribution in [0.5, 0.6) is 0 Å². The number of rotatable bonds is 11. The van der Waals surface area contributed by atoms with Gasteiger partial charge in [-0.2, -0.15) is 0 Å². The number of hydrogen-bond donors (Lipinski definition) is 5. The first-order valence-corrected chi connectivity index (χ1v) is 16.8. The quantitative estimate of drug-likeness (QED) is 0.119. The van der Waals surface area contributed by atoms with Gasteiger partial charge < -0.3 is 30.4 Å². The summed E-state index contributed by atoms with van der Waals surface area (Å²) < 4.78 is 7.02. The van der Waals surface area contributed by atoms with Crippen LogP contribution in [-0.4, -0.2) is 74.4 Å². The Hall–Kier alpha value is -6.05. The maximum absolute atomic E-state index is 13.1. The number of hydrogen-bond acceptors (Lipinski definition) is 7. The number of fused-ring (bicyclic) bond motifs is 2. The highest BCUT2D eigenvalue weighted by Gasteiger charge is 2.24. The molecule has 51 heavy (non-hydrogen) atoms. The molecule has 5 N–H and O–H groups in total. The molecule has 7 rings (SSSR count). The normalized spacial score (nSPS) is 13.8. The van der Waals surface area contributed by atoms with Gasteiger partial charge in [-0.05, 0) is 54.3 Å². The summed E-state index contributed by atoms with van der Waals surface area (Å²) in [4.78, 5) is 61.5. The summed E-state index contributed by atoms with van der Waals surface area (Å²) in [5, 5.41) is 14.1. The standard InChI is InChI=1S/C38H37N7O6/c46-34(23-51-19-16-40-38(49)50)41-27-10-11-32-33(20-27)45(37(48)43-32)28-13-17-44(18-14-28)22-24-6-8-26(9-7-24)35-29(25-4-2-1-3-5-25)21-30-31(42-35)12-15-39-36(30)47/h1-12,15,20-21,28,40H,13-14,16-19,22-23H2,(H,39,47)(H,41,46)(H,43,48)(H,49,50). The van der Waals surface area contributed by atoms with Gasteiger partial charge >= 0.3 is 11.8 Å². The molecule has 0 bridgehead atoms. The molecule has 260 valence electrons. The van der Waals surface area contributed by atoms with Crippen molar-refractivity contribution >= 4 is 39.6 Å². The van der Waals surface area contributed by atoms with Crippen LogP contribution in [0.4, 0.5) is 10.5 Å². The van der Waals surface area contributed by atoms with E-state index in [9.17, 15) is 19.2 Å². The first-order valence-electron chi connectivity index (χ1n) is 16.8. The third kappa shape index (κ3) is 7.59. The number of piperidine rings is 1. The Kier molecular flexibility index (Phi) is 9.72. The predicted octanol–water partition coefficient (Wildman–Crippen LogP) is 4.96. The second kappa shape index (κ2) is 14.8. The van der Waals surface area contributed by atoms with E-state index in [0.29, 0.717) is 22.1 Å². The average Bonchev–Trinajstić information content (AvgIpc) is 3.47. The molecule has 3 aromatic heterocycles. The maximum atomic E-state index is 13.1. The molecule has 6 aromatic rings. The number of pyridine rings is 2. The van der Waals surface area contributed by atoms with Gasteiger partial charge in [-0.25, -0.2) is 14.6 Å². The second-order valence-electron chi connectivity index (χ2n) is 12.6. The highest BCUT2D eigenvalue weighted by atomic mass is 16.5. The number of nitrogens with zero attached hydrogens (tertiary/aromatic N) is 3. The van der Waals surface area contributed by atoms with Gasteiger partial charge in [0.25, 0.3) is 5.56 Å². The number of carbonyl (C=O) groups excluding carboxylic acids is 1. The van der Waals surface area contributed by atoms with Crippen molar-refractivity contribution in [2.24, 2.45) is 0 Å². The second-order valence-corrected chi connectivity index (χ2v) is 12.6. The van der Waals surface area contributed by atoms with Gasteiger partial charge in [0.15, 0.2) is 0 Å². The molecule has 0 spiro atoms. The van der Waals surface area contributed by atoms with Crippen LogP contribution < -0.4 is 21.9 Å². The number of nitrogens with one attached hydrogen (secondary N) is 4. The molecule has 1 aliphatic rings. The van der Waals surface area contributed by atoms with E-state index in [0.717, 1.165) is 60.4 Å². The fraction of sp³-hybridized carbons (Fsp3) is 0.237. The lowest BCUT2D eigenvalue weighted by molar-refractivity contribution is -0.120. The van der Waals surface area contributed by atoms with Gasteiger partial charge in [-0.1, -0.05) is 54.6 Å². The van der Waals surface area contributed by atoms with E-state index in [-0.39, 0.29) is 43.0 Å². The molecule has 0 atom stereocenters. The molecular formula is C38H37N7O6. The Morgan fingerprint density at radius 1 is 0.941 bits per heavy atom. The van der Waals surface area contributed by atoms with Crippen molar-refractivity contribution < 1.29 is 19.4 Å². The Morgan fingerprint density at radius 3 is 2.49 bits per heavy atom. The number of aromatic amines is 2. The number of likely N-dealkylation sites (tertiary alicyclic amines) is 1. The zero-order chi connectivity index (χ0) is 35.3. The number of benzene rings is 3. The fourth-order valence-electron chi connectivity index (χ4n) is 6.68. The number of carbonyl (C=O) groups is 2. The number of H-pyrrole nitrogens is 2. The van der Waals surface area contributed by atoms with Crippen LogP contribution >= 0.6 is 0 Å². The van der Waals surface area contributed by atoms with Gasteiger partial charge in [-0.15, -0.1) is 0 Å². The minimum Gasteiger partial charge on any atom is -0.465 e. The van der Waals surface area contributed by atoms with E-state index in [1.165, 1.54) is 5.56 Å². The molecule has 3 aromatic carbocycles. The van der Waals surface area contributed by atoms with Gasteiger partial charge in [0.2, 0.25) is 5.91 Å². The van der Waals surface area contributed by atoms with E-state index in [1.54, 1.807) is 29.0 Å². The van der Waals surface area contributed by atoms with Crippen molar-refractivity contribution in [3.63, 3.8) is 0 Å². The molecule has 0 saturated carbocycles. The smallest absolute Gasteiger partial charge is 0.404 e. The topological polar surface area (TPSA) is 174 Å². The lowest BCUT2D eigenvalue weighted by atomic mass is 9.97. The van der Waals surface area contributed by atoms with Crippen molar-refractivity contribution in [3.8, 4) is 22.4 Å². The molecule has 1 fully saturated rings. The van der Waals surface area contributed by atoms with Crippen LogP contribution in [0.2, 0.25) is 0 Å². The summed E-state index contributed by atoms with van der Waals surface area (Å²) in [6.45, 7) is 2.33.